The summed E-state index contributed by atoms with van der Waals surface area (Å²) in [5.74, 6) is -1.97. The Morgan fingerprint density at radius 2 is 1.17 bits per heavy atom. The smallest absolute Gasteiger partial charge is 0.317 e. The highest BCUT2D eigenvalue weighted by molar-refractivity contribution is 5.78. The van der Waals surface area contributed by atoms with Gasteiger partial charge in [0.25, 0.3) is 0 Å². The standard InChI is InChI=1S/C19H35N5O6/c1-2-3-20-17(26)14-22-6-4-21(12-13-25)5-7-23(15-18(27)28)10-11-24(9-8-22)16-19(29)30/h13H,2-12,14-16H2,1H3,(H,20,26)(H,27,28)(H,29,30). The van der Waals surface area contributed by atoms with Crippen molar-refractivity contribution in [1.82, 2.24) is 24.9 Å². The van der Waals surface area contributed by atoms with Crippen LogP contribution in [0.5, 0.6) is 0 Å². The van der Waals surface area contributed by atoms with Gasteiger partial charge < -0.3 is 20.3 Å². The predicted octanol–water partition coefficient (Wildman–Crippen LogP) is -1.90. The Labute approximate surface area is 177 Å². The van der Waals surface area contributed by atoms with E-state index in [-0.39, 0.29) is 32.1 Å². The summed E-state index contributed by atoms with van der Waals surface area (Å²) >= 11 is 0. The molecule has 0 saturated carbocycles. The molecule has 0 radical (unpaired) electrons. The summed E-state index contributed by atoms with van der Waals surface area (Å²) in [6, 6.07) is 0. The number of aldehydes is 1. The summed E-state index contributed by atoms with van der Waals surface area (Å²) in [4.78, 5) is 53.0. The first-order valence-electron chi connectivity index (χ1n) is 10.4. The van der Waals surface area contributed by atoms with Crippen LogP contribution in [0.25, 0.3) is 0 Å². The zero-order chi connectivity index (χ0) is 22.4. The summed E-state index contributed by atoms with van der Waals surface area (Å²) in [5, 5.41) is 21.2. The van der Waals surface area contributed by atoms with E-state index >= 15 is 0 Å². The van der Waals surface area contributed by atoms with E-state index in [0.717, 1.165) is 12.7 Å². The van der Waals surface area contributed by atoms with Crippen LogP contribution in [-0.2, 0) is 19.2 Å². The van der Waals surface area contributed by atoms with Gasteiger partial charge in [0.1, 0.15) is 6.29 Å². The fourth-order valence-electron chi connectivity index (χ4n) is 3.25. The third-order valence-electron chi connectivity index (χ3n) is 4.92. The van der Waals surface area contributed by atoms with Crippen LogP contribution in [0.2, 0.25) is 0 Å². The molecule has 3 N–H and O–H groups in total. The lowest BCUT2D eigenvalue weighted by Crippen LogP contribution is -2.49. The van der Waals surface area contributed by atoms with E-state index in [1.54, 1.807) is 9.80 Å². The Morgan fingerprint density at radius 1 is 0.767 bits per heavy atom. The molecule has 1 aliphatic rings. The normalized spacial score (nSPS) is 18.8. The van der Waals surface area contributed by atoms with Crippen molar-refractivity contribution in [3.05, 3.63) is 0 Å². The monoisotopic (exact) mass is 429 g/mol. The zero-order valence-corrected chi connectivity index (χ0v) is 17.8. The summed E-state index contributed by atoms with van der Waals surface area (Å²) in [6.45, 7) is 6.58. The number of nitrogens with zero attached hydrogens (tertiary/aromatic N) is 4. The van der Waals surface area contributed by atoms with Crippen molar-refractivity contribution in [2.24, 2.45) is 0 Å². The van der Waals surface area contributed by atoms with E-state index in [0.29, 0.717) is 58.9 Å². The number of carboxylic acids is 2. The Hall–Kier alpha value is -2.08. The molecular weight excluding hydrogens is 394 g/mol. The van der Waals surface area contributed by atoms with E-state index < -0.39 is 11.9 Å². The Bertz CT molecular complexity index is 562. The molecule has 1 aliphatic heterocycles. The van der Waals surface area contributed by atoms with Gasteiger partial charge in [-0.15, -0.1) is 0 Å². The van der Waals surface area contributed by atoms with Gasteiger partial charge >= 0.3 is 11.9 Å². The third kappa shape index (κ3) is 11.8. The van der Waals surface area contributed by atoms with E-state index in [1.807, 2.05) is 16.7 Å². The second kappa shape index (κ2) is 14.8. The molecule has 1 saturated heterocycles. The molecule has 0 aromatic heterocycles. The van der Waals surface area contributed by atoms with Gasteiger partial charge in [-0.3, -0.25) is 34.0 Å². The average molecular weight is 430 g/mol. The maximum absolute atomic E-state index is 12.2. The molecule has 0 spiro atoms. The van der Waals surface area contributed by atoms with Crippen molar-refractivity contribution < 1.29 is 29.4 Å². The van der Waals surface area contributed by atoms with Crippen LogP contribution in [0.1, 0.15) is 13.3 Å². The molecular formula is C19H35N5O6. The van der Waals surface area contributed by atoms with Gasteiger partial charge in [0.05, 0.1) is 26.2 Å². The lowest BCUT2D eigenvalue weighted by atomic mass is 10.3. The number of nitrogens with one attached hydrogen (secondary N) is 1. The highest BCUT2D eigenvalue weighted by Crippen LogP contribution is 2.01. The van der Waals surface area contributed by atoms with E-state index in [9.17, 15) is 24.3 Å². The number of hydrogen-bond acceptors (Lipinski definition) is 8. The number of carbonyl (C=O) groups is 4. The van der Waals surface area contributed by atoms with Crippen molar-refractivity contribution in [3.8, 4) is 0 Å². The van der Waals surface area contributed by atoms with Crippen LogP contribution in [0.4, 0.5) is 0 Å². The van der Waals surface area contributed by atoms with Crippen LogP contribution >= 0.6 is 0 Å². The number of aliphatic carboxylic acids is 2. The number of rotatable bonds is 10. The highest BCUT2D eigenvalue weighted by atomic mass is 16.4. The zero-order valence-electron chi connectivity index (χ0n) is 17.8. The molecule has 0 atom stereocenters. The second-order valence-corrected chi connectivity index (χ2v) is 7.43. The minimum Gasteiger partial charge on any atom is -0.480 e. The molecule has 1 heterocycles. The van der Waals surface area contributed by atoms with Gasteiger partial charge in [-0.2, -0.15) is 0 Å². The summed E-state index contributed by atoms with van der Waals surface area (Å²) < 4.78 is 0. The first-order chi connectivity index (χ1) is 14.3. The van der Waals surface area contributed by atoms with Gasteiger partial charge in [0, 0.05) is 58.9 Å². The molecule has 0 bridgehead atoms. The first kappa shape index (κ1) is 26.0. The van der Waals surface area contributed by atoms with E-state index in [2.05, 4.69) is 5.32 Å². The topological polar surface area (TPSA) is 134 Å². The fourth-order valence-corrected chi connectivity index (χ4v) is 3.25. The Balaban J connectivity index is 2.86. The molecule has 0 aliphatic carbocycles. The Morgan fingerprint density at radius 3 is 1.53 bits per heavy atom. The van der Waals surface area contributed by atoms with Crippen molar-refractivity contribution in [2.75, 3.05) is 85.1 Å². The molecule has 0 aromatic rings. The van der Waals surface area contributed by atoms with Crippen molar-refractivity contribution in [1.29, 1.82) is 0 Å². The number of amides is 1. The molecule has 30 heavy (non-hydrogen) atoms. The Kier molecular flexibility index (Phi) is 12.8. The average Bonchev–Trinajstić information content (AvgIpc) is 2.67. The predicted molar refractivity (Wildman–Crippen MR) is 110 cm³/mol. The van der Waals surface area contributed by atoms with E-state index in [1.165, 1.54) is 0 Å². The third-order valence-corrected chi connectivity index (χ3v) is 4.92. The van der Waals surface area contributed by atoms with Crippen LogP contribution in [0, 0.1) is 0 Å². The van der Waals surface area contributed by atoms with Crippen LogP contribution < -0.4 is 5.32 Å². The molecule has 1 fully saturated rings. The number of carbonyl (C=O) groups excluding carboxylic acids is 2. The molecule has 1 amide bonds. The fraction of sp³-hybridized carbons (Fsp3) is 0.789. The molecule has 11 heteroatoms. The summed E-state index contributed by atoms with van der Waals surface area (Å²) in [5.41, 5.74) is 0. The van der Waals surface area contributed by atoms with Crippen LogP contribution in [0.15, 0.2) is 0 Å². The molecule has 0 unspecified atom stereocenters. The van der Waals surface area contributed by atoms with E-state index in [4.69, 9.17) is 5.11 Å². The lowest BCUT2D eigenvalue weighted by Gasteiger charge is -2.32. The lowest BCUT2D eigenvalue weighted by molar-refractivity contribution is -0.140. The second-order valence-electron chi connectivity index (χ2n) is 7.43. The minimum atomic E-state index is -0.948. The highest BCUT2D eigenvalue weighted by Gasteiger charge is 2.19. The van der Waals surface area contributed by atoms with Crippen LogP contribution in [-0.4, -0.2) is 139 Å². The maximum atomic E-state index is 12.2. The van der Waals surface area contributed by atoms with Gasteiger partial charge in [-0.1, -0.05) is 6.92 Å². The maximum Gasteiger partial charge on any atom is 0.317 e. The summed E-state index contributed by atoms with van der Waals surface area (Å²) in [7, 11) is 0. The quantitative estimate of drug-likeness (QED) is 0.338. The number of carboxylic acid groups (broad SMARTS) is 2. The van der Waals surface area contributed by atoms with Crippen molar-refractivity contribution in [3.63, 3.8) is 0 Å². The molecule has 0 aromatic carbocycles. The van der Waals surface area contributed by atoms with Crippen molar-refractivity contribution in [2.45, 2.75) is 13.3 Å². The minimum absolute atomic E-state index is 0.0803. The summed E-state index contributed by atoms with van der Waals surface area (Å²) in [6.07, 6.45) is 1.67. The number of hydrogen-bond donors (Lipinski definition) is 3. The van der Waals surface area contributed by atoms with Crippen LogP contribution in [0.3, 0.4) is 0 Å². The van der Waals surface area contributed by atoms with Gasteiger partial charge in [0.2, 0.25) is 5.91 Å². The van der Waals surface area contributed by atoms with Gasteiger partial charge in [-0.25, -0.2) is 0 Å². The van der Waals surface area contributed by atoms with Gasteiger partial charge in [-0.05, 0) is 6.42 Å². The SMILES string of the molecule is CCCNC(=O)CN1CCN(CC=O)CCN(CC(=O)O)CCN(CC(=O)O)CC1. The first-order valence-corrected chi connectivity index (χ1v) is 10.4. The van der Waals surface area contributed by atoms with Gasteiger partial charge in [0.15, 0.2) is 0 Å². The molecule has 172 valence electrons. The largest absolute Gasteiger partial charge is 0.480 e. The molecule has 1 rings (SSSR count). The van der Waals surface area contributed by atoms with Crippen molar-refractivity contribution >= 4 is 24.1 Å². The molecule has 11 nitrogen and oxygen atoms in total.